The Kier molecular flexibility index (Phi) is 19.2. The molecule has 0 aliphatic carbocycles. The Hall–Kier alpha value is -2.76. The molecule has 0 spiro atoms. The van der Waals surface area contributed by atoms with Crippen molar-refractivity contribution in [2.45, 2.75) is 149 Å². The Morgan fingerprint density at radius 1 is 0.512 bits per heavy atom. The number of unbranched alkanes of at least 4 members (excludes halogenated alkanes) is 17. The third-order valence-corrected chi connectivity index (χ3v) is 7.42. The number of esters is 2. The number of hydrogen-bond donors (Lipinski definition) is 0. The molecule has 6 nitrogen and oxygen atoms in total. The van der Waals surface area contributed by atoms with Gasteiger partial charge in [-0.15, -0.1) is 0 Å². The van der Waals surface area contributed by atoms with Crippen LogP contribution in [0.5, 0.6) is 11.5 Å². The van der Waals surface area contributed by atoms with E-state index in [4.69, 9.17) is 9.47 Å². The van der Waals surface area contributed by atoms with E-state index in [0.717, 1.165) is 31.2 Å². The summed E-state index contributed by atoms with van der Waals surface area (Å²) < 4.78 is 10.9. The van der Waals surface area contributed by atoms with Gasteiger partial charge in [0.15, 0.2) is 11.6 Å². The molecule has 0 atom stereocenters. The minimum atomic E-state index is -0.242. The predicted octanol–water partition coefficient (Wildman–Crippen LogP) is 10.2. The van der Waals surface area contributed by atoms with Gasteiger partial charge in [0.1, 0.15) is 5.75 Å². The van der Waals surface area contributed by atoms with Gasteiger partial charge < -0.3 is 9.47 Å². The Morgan fingerprint density at radius 2 is 0.878 bits per heavy atom. The predicted molar refractivity (Wildman–Crippen MR) is 167 cm³/mol. The molecule has 0 saturated heterocycles. The summed E-state index contributed by atoms with van der Waals surface area (Å²) in [5.41, 5.74) is 0.798. The van der Waals surface area contributed by atoms with Crippen LogP contribution in [0.4, 0.5) is 0 Å². The third kappa shape index (κ3) is 16.9. The van der Waals surface area contributed by atoms with Gasteiger partial charge in [0, 0.05) is 18.4 Å². The van der Waals surface area contributed by atoms with E-state index in [0.29, 0.717) is 30.2 Å². The molecule has 1 aromatic carbocycles. The van der Waals surface area contributed by atoms with Gasteiger partial charge in [-0.25, -0.2) is 9.97 Å². The van der Waals surface area contributed by atoms with E-state index in [9.17, 15) is 9.59 Å². The van der Waals surface area contributed by atoms with Gasteiger partial charge in [-0.2, -0.15) is 0 Å². The molecular formula is C35H54N2O4. The monoisotopic (exact) mass is 566 g/mol. The molecule has 41 heavy (non-hydrogen) atoms. The lowest BCUT2D eigenvalue weighted by Crippen LogP contribution is -2.08. The maximum absolute atomic E-state index is 12.2. The van der Waals surface area contributed by atoms with Crippen LogP contribution in [0.3, 0.4) is 0 Å². The summed E-state index contributed by atoms with van der Waals surface area (Å²) >= 11 is 0. The second-order valence-corrected chi connectivity index (χ2v) is 11.2. The zero-order valence-electron chi connectivity index (χ0n) is 25.8. The van der Waals surface area contributed by atoms with Gasteiger partial charge in [0.05, 0.1) is 12.4 Å². The molecule has 0 aliphatic rings. The largest absolute Gasteiger partial charge is 0.427 e. The van der Waals surface area contributed by atoms with Gasteiger partial charge in [0.25, 0.3) is 0 Å². The van der Waals surface area contributed by atoms with Crippen molar-refractivity contribution in [2.75, 3.05) is 0 Å². The van der Waals surface area contributed by atoms with Gasteiger partial charge in [-0.3, -0.25) is 9.59 Å². The molecule has 0 unspecified atom stereocenters. The third-order valence-electron chi connectivity index (χ3n) is 7.42. The second kappa shape index (κ2) is 22.9. The number of benzene rings is 1. The molecule has 0 amide bonds. The summed E-state index contributed by atoms with van der Waals surface area (Å²) in [5, 5.41) is 0. The molecule has 0 saturated carbocycles. The van der Waals surface area contributed by atoms with Gasteiger partial charge in [-0.05, 0) is 37.1 Å². The van der Waals surface area contributed by atoms with E-state index in [2.05, 4.69) is 23.8 Å². The van der Waals surface area contributed by atoms with Crippen molar-refractivity contribution in [1.29, 1.82) is 0 Å². The van der Waals surface area contributed by atoms with Crippen molar-refractivity contribution >= 4 is 11.9 Å². The lowest BCUT2D eigenvalue weighted by atomic mass is 10.1. The van der Waals surface area contributed by atoms with Gasteiger partial charge >= 0.3 is 11.9 Å². The average Bonchev–Trinajstić information content (AvgIpc) is 2.98. The van der Waals surface area contributed by atoms with Crippen LogP contribution in [-0.4, -0.2) is 21.9 Å². The number of ether oxygens (including phenoxy) is 2. The summed E-state index contributed by atoms with van der Waals surface area (Å²) in [4.78, 5) is 33.0. The van der Waals surface area contributed by atoms with Crippen molar-refractivity contribution in [1.82, 2.24) is 9.97 Å². The molecule has 1 aromatic heterocycles. The lowest BCUT2D eigenvalue weighted by molar-refractivity contribution is -0.135. The van der Waals surface area contributed by atoms with Gasteiger partial charge in [-0.1, -0.05) is 123 Å². The molecule has 0 bridgehead atoms. The highest BCUT2D eigenvalue weighted by atomic mass is 16.5. The number of aromatic nitrogens is 2. The molecule has 0 radical (unpaired) electrons. The van der Waals surface area contributed by atoms with Crippen LogP contribution in [0, 0.1) is 0 Å². The Bertz CT molecular complexity index is 944. The number of rotatable bonds is 24. The smallest absolute Gasteiger partial charge is 0.311 e. The fraction of sp³-hybridized carbons (Fsp3) is 0.657. The molecule has 228 valence electrons. The maximum atomic E-state index is 12.2. The van der Waals surface area contributed by atoms with Crippen LogP contribution in [0.15, 0.2) is 36.7 Å². The fourth-order valence-corrected chi connectivity index (χ4v) is 4.89. The number of carbonyl (C=O) groups excluding carboxylic acids is 2. The van der Waals surface area contributed by atoms with E-state index in [1.165, 1.54) is 109 Å². The molecule has 2 aromatic rings. The van der Waals surface area contributed by atoms with Crippen molar-refractivity contribution < 1.29 is 19.1 Å². The molecule has 0 fully saturated rings. The zero-order chi connectivity index (χ0) is 29.4. The first-order valence-electron chi connectivity index (χ1n) is 16.5. The highest BCUT2D eigenvalue weighted by Crippen LogP contribution is 2.21. The lowest BCUT2D eigenvalue weighted by Gasteiger charge is -2.07. The zero-order valence-corrected chi connectivity index (χ0v) is 25.8. The summed E-state index contributed by atoms with van der Waals surface area (Å²) in [6.45, 7) is 4.48. The van der Waals surface area contributed by atoms with E-state index >= 15 is 0 Å². The first kappa shape index (κ1) is 34.4. The quantitative estimate of drug-likeness (QED) is 0.0714. The average molecular weight is 567 g/mol. The van der Waals surface area contributed by atoms with E-state index in [1.807, 2.05) is 12.1 Å². The fourth-order valence-electron chi connectivity index (χ4n) is 4.89. The van der Waals surface area contributed by atoms with Crippen molar-refractivity contribution in [3.8, 4) is 22.9 Å². The first-order chi connectivity index (χ1) is 20.1. The minimum Gasteiger partial charge on any atom is -0.427 e. The Labute approximate surface area is 249 Å². The highest BCUT2D eigenvalue weighted by molar-refractivity contribution is 5.73. The Balaban J connectivity index is 1.58. The topological polar surface area (TPSA) is 78.4 Å². The van der Waals surface area contributed by atoms with Crippen LogP contribution in [0.25, 0.3) is 11.4 Å². The van der Waals surface area contributed by atoms with Crippen LogP contribution in [-0.2, 0) is 9.59 Å². The summed E-state index contributed by atoms with van der Waals surface area (Å²) in [5.74, 6) is 0.961. The summed E-state index contributed by atoms with van der Waals surface area (Å²) in [6.07, 6.45) is 27.2. The standard InChI is InChI=1S/C35H54N2O4/c1-3-5-7-9-11-13-15-17-18-20-22-33(38)40-31-26-24-30(25-27-31)35-36-28-32(29-37-35)41-34(39)23-21-19-16-14-12-10-8-6-4-2/h24-29H,3-23H2,1-2H3. The highest BCUT2D eigenvalue weighted by Gasteiger charge is 2.09. The van der Waals surface area contributed by atoms with Crippen molar-refractivity contribution in [2.24, 2.45) is 0 Å². The van der Waals surface area contributed by atoms with Gasteiger partial charge in [0.2, 0.25) is 0 Å². The molecule has 0 aliphatic heterocycles. The normalized spacial score (nSPS) is 11.0. The van der Waals surface area contributed by atoms with Crippen LogP contribution in [0.2, 0.25) is 0 Å². The molecule has 6 heteroatoms. The molecule has 0 N–H and O–H groups in total. The van der Waals surface area contributed by atoms with Crippen LogP contribution < -0.4 is 9.47 Å². The van der Waals surface area contributed by atoms with Crippen molar-refractivity contribution in [3.63, 3.8) is 0 Å². The van der Waals surface area contributed by atoms with Crippen LogP contribution in [0.1, 0.15) is 149 Å². The minimum absolute atomic E-state index is 0.192. The second-order valence-electron chi connectivity index (χ2n) is 11.2. The number of nitrogens with zero attached hydrogens (tertiary/aromatic N) is 2. The maximum Gasteiger partial charge on any atom is 0.311 e. The van der Waals surface area contributed by atoms with E-state index in [-0.39, 0.29) is 11.9 Å². The van der Waals surface area contributed by atoms with Crippen LogP contribution >= 0.6 is 0 Å². The van der Waals surface area contributed by atoms with E-state index < -0.39 is 0 Å². The first-order valence-corrected chi connectivity index (χ1v) is 16.5. The molecule has 1 heterocycles. The summed E-state index contributed by atoms with van der Waals surface area (Å²) in [6, 6.07) is 7.17. The summed E-state index contributed by atoms with van der Waals surface area (Å²) in [7, 11) is 0. The SMILES string of the molecule is CCCCCCCCCCCCC(=O)Oc1ccc(-c2ncc(OC(=O)CCCCCCCCCCC)cn2)cc1. The molecule has 2 rings (SSSR count). The number of carbonyl (C=O) groups is 2. The Morgan fingerprint density at radius 3 is 1.29 bits per heavy atom. The number of hydrogen-bond acceptors (Lipinski definition) is 6. The van der Waals surface area contributed by atoms with E-state index in [1.54, 1.807) is 12.1 Å². The molecular weight excluding hydrogens is 512 g/mol. The van der Waals surface area contributed by atoms with Crippen molar-refractivity contribution in [3.05, 3.63) is 36.7 Å².